The van der Waals surface area contributed by atoms with Crippen LogP contribution in [0.3, 0.4) is 0 Å². The topological polar surface area (TPSA) is 71.3 Å². The van der Waals surface area contributed by atoms with E-state index in [1.165, 1.54) is 8.99 Å². The number of sulfonamides is 1. The lowest BCUT2D eigenvalue weighted by atomic mass is 10.2. The maximum atomic E-state index is 12.6. The van der Waals surface area contributed by atoms with Gasteiger partial charge in [0.25, 0.3) is 10.0 Å². The van der Waals surface area contributed by atoms with Gasteiger partial charge in [0.15, 0.2) is 4.60 Å². The van der Waals surface area contributed by atoms with Crippen molar-refractivity contribution in [2.75, 3.05) is 26.2 Å². The molecular formula is C10H18BrN5O2S. The third-order valence-electron chi connectivity index (χ3n) is 3.46. The van der Waals surface area contributed by atoms with E-state index in [0.717, 1.165) is 13.1 Å². The molecule has 1 aliphatic heterocycles. The molecule has 0 amide bonds. The van der Waals surface area contributed by atoms with Crippen molar-refractivity contribution >= 4 is 26.0 Å². The van der Waals surface area contributed by atoms with Gasteiger partial charge in [-0.3, -0.25) is 4.90 Å². The molecule has 7 nitrogen and oxygen atoms in total. The van der Waals surface area contributed by atoms with Crippen molar-refractivity contribution in [1.82, 2.24) is 24.2 Å². The number of piperazine rings is 1. The standard InChI is InChI=1S/C10H18BrN5O2S/c1-4-15-5-6-16(7-8(15)2)19(17,18)10-9(11)12-13-14(10)3/h8H,4-7H2,1-3H3. The molecule has 0 bridgehead atoms. The van der Waals surface area contributed by atoms with Gasteiger partial charge in [0, 0.05) is 32.7 Å². The second-order valence-electron chi connectivity index (χ2n) is 4.65. The summed E-state index contributed by atoms with van der Waals surface area (Å²) in [6.07, 6.45) is 0. The molecule has 0 spiro atoms. The van der Waals surface area contributed by atoms with Crippen LogP contribution in [0.15, 0.2) is 9.63 Å². The molecule has 1 atom stereocenters. The second kappa shape index (κ2) is 5.47. The molecule has 0 aliphatic carbocycles. The highest BCUT2D eigenvalue weighted by Crippen LogP contribution is 2.24. The predicted octanol–water partition coefficient (Wildman–Crippen LogP) is 0.292. The van der Waals surface area contributed by atoms with Gasteiger partial charge in [0.05, 0.1) is 0 Å². The van der Waals surface area contributed by atoms with E-state index in [9.17, 15) is 8.42 Å². The molecule has 1 aromatic rings. The van der Waals surface area contributed by atoms with Crippen LogP contribution in [0, 0.1) is 0 Å². The SMILES string of the molecule is CCN1CCN(S(=O)(=O)c2c(Br)nnn2C)CC1C. The van der Waals surface area contributed by atoms with Crippen LogP contribution in [0.2, 0.25) is 0 Å². The van der Waals surface area contributed by atoms with Gasteiger partial charge >= 0.3 is 0 Å². The lowest BCUT2D eigenvalue weighted by Crippen LogP contribution is -2.53. The van der Waals surface area contributed by atoms with E-state index in [-0.39, 0.29) is 15.7 Å². The van der Waals surface area contributed by atoms with Crippen LogP contribution >= 0.6 is 15.9 Å². The Bertz CT molecular complexity index is 539. The van der Waals surface area contributed by atoms with Gasteiger partial charge in [-0.2, -0.15) is 4.31 Å². The average Bonchev–Trinajstić information content (AvgIpc) is 2.69. The zero-order valence-electron chi connectivity index (χ0n) is 11.2. The molecule has 1 aliphatic rings. The van der Waals surface area contributed by atoms with E-state index in [1.54, 1.807) is 7.05 Å². The van der Waals surface area contributed by atoms with Gasteiger partial charge in [-0.15, -0.1) is 5.10 Å². The number of hydrogen-bond acceptors (Lipinski definition) is 5. The van der Waals surface area contributed by atoms with Gasteiger partial charge in [-0.1, -0.05) is 12.1 Å². The van der Waals surface area contributed by atoms with Crippen molar-refractivity contribution < 1.29 is 8.42 Å². The van der Waals surface area contributed by atoms with Crippen LogP contribution in [0.4, 0.5) is 0 Å². The summed E-state index contributed by atoms with van der Waals surface area (Å²) in [5.74, 6) is 0. The molecule has 0 radical (unpaired) electrons. The quantitative estimate of drug-likeness (QED) is 0.782. The fourth-order valence-electron chi connectivity index (χ4n) is 2.37. The Hall–Kier alpha value is -0.510. The molecule has 2 rings (SSSR count). The van der Waals surface area contributed by atoms with Crippen molar-refractivity contribution in [3.8, 4) is 0 Å². The largest absolute Gasteiger partial charge is 0.298 e. The predicted molar refractivity (Wildman–Crippen MR) is 74.2 cm³/mol. The molecule has 0 saturated carbocycles. The minimum absolute atomic E-state index is 0.115. The summed E-state index contributed by atoms with van der Waals surface area (Å²) < 4.78 is 28.3. The Kier molecular flexibility index (Phi) is 4.29. The summed E-state index contributed by atoms with van der Waals surface area (Å²) >= 11 is 3.15. The van der Waals surface area contributed by atoms with Gasteiger partial charge in [0.1, 0.15) is 0 Å². The first-order chi connectivity index (χ1) is 8.87. The minimum Gasteiger partial charge on any atom is -0.298 e. The normalized spacial score (nSPS) is 22.8. The van der Waals surface area contributed by atoms with Crippen molar-refractivity contribution in [1.29, 1.82) is 0 Å². The first-order valence-corrected chi connectivity index (χ1v) is 8.40. The second-order valence-corrected chi connectivity index (χ2v) is 7.25. The monoisotopic (exact) mass is 351 g/mol. The molecule has 1 aromatic heterocycles. The third kappa shape index (κ3) is 2.69. The molecule has 1 fully saturated rings. The lowest BCUT2D eigenvalue weighted by molar-refractivity contribution is 0.135. The Balaban J connectivity index is 2.27. The number of aromatic nitrogens is 3. The van der Waals surface area contributed by atoms with Gasteiger partial charge in [-0.25, -0.2) is 13.1 Å². The first-order valence-electron chi connectivity index (χ1n) is 6.17. The summed E-state index contributed by atoms with van der Waals surface area (Å²) in [5, 5.41) is 7.59. The van der Waals surface area contributed by atoms with E-state index in [2.05, 4.69) is 38.1 Å². The molecule has 108 valence electrons. The van der Waals surface area contributed by atoms with Crippen LogP contribution in [0.1, 0.15) is 13.8 Å². The molecule has 0 N–H and O–H groups in total. The van der Waals surface area contributed by atoms with Crippen LogP contribution in [-0.4, -0.2) is 64.8 Å². The maximum absolute atomic E-state index is 12.6. The maximum Gasteiger partial charge on any atom is 0.263 e. The van der Waals surface area contributed by atoms with Crippen molar-refractivity contribution in [3.63, 3.8) is 0 Å². The number of likely N-dealkylation sites (N-methyl/N-ethyl adjacent to an activating group) is 1. The van der Waals surface area contributed by atoms with Gasteiger partial charge in [0.2, 0.25) is 5.03 Å². The highest BCUT2D eigenvalue weighted by atomic mass is 79.9. The lowest BCUT2D eigenvalue weighted by Gasteiger charge is -2.38. The molecular weight excluding hydrogens is 334 g/mol. The Morgan fingerprint density at radius 2 is 2.11 bits per heavy atom. The summed E-state index contributed by atoms with van der Waals surface area (Å²) in [6.45, 7) is 6.81. The first kappa shape index (κ1) is 14.9. The van der Waals surface area contributed by atoms with Crippen LogP contribution < -0.4 is 0 Å². The van der Waals surface area contributed by atoms with Crippen molar-refractivity contribution in [2.45, 2.75) is 24.9 Å². The molecule has 19 heavy (non-hydrogen) atoms. The smallest absolute Gasteiger partial charge is 0.263 e. The number of rotatable bonds is 3. The Labute approximate surface area is 121 Å². The van der Waals surface area contributed by atoms with E-state index in [0.29, 0.717) is 13.1 Å². The number of hydrogen-bond donors (Lipinski definition) is 0. The number of halogens is 1. The van der Waals surface area contributed by atoms with E-state index < -0.39 is 10.0 Å². The Morgan fingerprint density at radius 1 is 1.42 bits per heavy atom. The van der Waals surface area contributed by atoms with Crippen molar-refractivity contribution in [2.24, 2.45) is 7.05 Å². The minimum atomic E-state index is -3.55. The third-order valence-corrected chi connectivity index (χ3v) is 6.21. The molecule has 1 saturated heterocycles. The van der Waals surface area contributed by atoms with Gasteiger partial charge < -0.3 is 0 Å². The number of aryl methyl sites for hydroxylation is 1. The highest BCUT2D eigenvalue weighted by Gasteiger charge is 2.35. The highest BCUT2D eigenvalue weighted by molar-refractivity contribution is 9.10. The molecule has 9 heteroatoms. The van der Waals surface area contributed by atoms with Crippen LogP contribution in [0.5, 0.6) is 0 Å². The molecule has 1 unspecified atom stereocenters. The molecule has 2 heterocycles. The summed E-state index contributed by atoms with van der Waals surface area (Å²) in [6, 6.07) is 0.216. The zero-order valence-corrected chi connectivity index (χ0v) is 13.6. The Morgan fingerprint density at radius 3 is 2.58 bits per heavy atom. The van der Waals surface area contributed by atoms with E-state index in [4.69, 9.17) is 0 Å². The van der Waals surface area contributed by atoms with E-state index in [1.807, 2.05) is 6.92 Å². The summed E-state index contributed by atoms with van der Waals surface area (Å²) in [4.78, 5) is 2.27. The molecule has 0 aromatic carbocycles. The summed E-state index contributed by atoms with van der Waals surface area (Å²) in [7, 11) is -1.97. The summed E-state index contributed by atoms with van der Waals surface area (Å²) in [5.41, 5.74) is 0. The van der Waals surface area contributed by atoms with Gasteiger partial charge in [-0.05, 0) is 29.4 Å². The average molecular weight is 352 g/mol. The zero-order chi connectivity index (χ0) is 14.2. The van der Waals surface area contributed by atoms with Crippen LogP contribution in [0.25, 0.3) is 0 Å². The van der Waals surface area contributed by atoms with Crippen LogP contribution in [-0.2, 0) is 17.1 Å². The fraction of sp³-hybridized carbons (Fsp3) is 0.800. The fourth-order valence-corrected chi connectivity index (χ4v) is 4.91. The van der Waals surface area contributed by atoms with E-state index >= 15 is 0 Å². The van der Waals surface area contributed by atoms with Crippen molar-refractivity contribution in [3.05, 3.63) is 4.60 Å². The number of nitrogens with zero attached hydrogens (tertiary/aromatic N) is 5.